The maximum Gasteiger partial charge on any atom is 0.101 e. The molecular weight excluding hydrogens is 335 g/mol. The number of nitrogens with one attached hydrogen (secondary N) is 1. The number of aryl methyl sites for hydroxylation is 2. The molecule has 0 atom stereocenters. The maximum atomic E-state index is 4.42. The quantitative estimate of drug-likeness (QED) is 0.714. The van der Waals surface area contributed by atoms with Gasteiger partial charge in [0.15, 0.2) is 0 Å². The zero-order valence-electron chi connectivity index (χ0n) is 9.86. The van der Waals surface area contributed by atoms with Gasteiger partial charge in [-0.25, -0.2) is 0 Å². The van der Waals surface area contributed by atoms with E-state index >= 15 is 0 Å². The van der Waals surface area contributed by atoms with E-state index in [4.69, 9.17) is 0 Å². The van der Waals surface area contributed by atoms with Crippen LogP contribution in [0.5, 0.6) is 0 Å². The summed E-state index contributed by atoms with van der Waals surface area (Å²) in [6.07, 6.45) is 6.03. The molecule has 2 nitrogen and oxygen atoms in total. The molecule has 0 aliphatic carbocycles. The topological polar surface area (TPSA) is 28.7 Å². The number of hydrogen-bond acceptors (Lipinski definition) is 1. The Bertz CT molecular complexity index is 659. The van der Waals surface area contributed by atoms with Gasteiger partial charge >= 0.3 is 0 Å². The molecule has 3 aromatic rings. The molecule has 0 saturated carbocycles. The van der Waals surface area contributed by atoms with Crippen molar-refractivity contribution >= 4 is 33.6 Å². The summed E-state index contributed by atoms with van der Waals surface area (Å²) in [6, 6.07) is 12.7. The van der Waals surface area contributed by atoms with Crippen LogP contribution in [0.3, 0.4) is 0 Å². The Labute approximate surface area is 120 Å². The van der Waals surface area contributed by atoms with Crippen molar-refractivity contribution in [3.63, 3.8) is 0 Å². The summed E-state index contributed by atoms with van der Waals surface area (Å²) in [5.74, 6) is 0. The summed E-state index contributed by atoms with van der Waals surface area (Å²) in [5.41, 5.74) is 4.98. The predicted molar refractivity (Wildman–Crippen MR) is 82.7 cm³/mol. The van der Waals surface area contributed by atoms with E-state index in [2.05, 4.69) is 69.0 Å². The average Bonchev–Trinajstić information content (AvgIpc) is 2.80. The van der Waals surface area contributed by atoms with Crippen molar-refractivity contribution in [2.24, 2.45) is 0 Å². The van der Waals surface area contributed by atoms with Crippen molar-refractivity contribution in [1.29, 1.82) is 0 Å². The Morgan fingerprint density at radius 3 is 2.72 bits per heavy atom. The van der Waals surface area contributed by atoms with Crippen LogP contribution in [0.2, 0.25) is 0 Å². The molecule has 3 heteroatoms. The Kier molecular flexibility index (Phi) is 3.32. The number of H-pyrrole nitrogens is 1. The molecule has 0 spiro atoms. The second kappa shape index (κ2) is 5.10. The van der Waals surface area contributed by atoms with E-state index in [1.807, 2.05) is 12.4 Å². The van der Waals surface area contributed by atoms with E-state index in [0.717, 1.165) is 18.4 Å². The van der Waals surface area contributed by atoms with E-state index < -0.39 is 0 Å². The molecule has 18 heavy (non-hydrogen) atoms. The normalized spacial score (nSPS) is 10.9. The Morgan fingerprint density at radius 1 is 1.06 bits per heavy atom. The summed E-state index contributed by atoms with van der Waals surface area (Å²) in [5, 5.41) is 0. The number of halogens is 1. The number of aromatic nitrogens is 2. The highest BCUT2D eigenvalue weighted by Crippen LogP contribution is 2.21. The number of pyridine rings is 1. The molecule has 0 fully saturated rings. The first-order valence-electron chi connectivity index (χ1n) is 5.99. The van der Waals surface area contributed by atoms with Crippen molar-refractivity contribution in [2.75, 3.05) is 0 Å². The zero-order valence-corrected chi connectivity index (χ0v) is 12.0. The standard InChI is InChI=1S/C15H13IN2/c16-13-10-18-14-12(8-9-17-15(13)14)7-6-11-4-2-1-3-5-11/h1-5,8-10,18H,6-7H2. The van der Waals surface area contributed by atoms with Gasteiger partial charge in [0.1, 0.15) is 5.52 Å². The predicted octanol–water partition coefficient (Wildman–Crippen LogP) is 3.95. The molecular formula is C15H13IN2. The van der Waals surface area contributed by atoms with E-state index in [9.17, 15) is 0 Å². The third-order valence-electron chi connectivity index (χ3n) is 3.13. The SMILES string of the molecule is Ic1c[nH]c2c(CCc3ccccc3)ccnc12. The number of aromatic amines is 1. The van der Waals surface area contributed by atoms with Crippen LogP contribution in [0.25, 0.3) is 11.0 Å². The van der Waals surface area contributed by atoms with E-state index in [-0.39, 0.29) is 0 Å². The monoisotopic (exact) mass is 348 g/mol. The molecule has 0 aliphatic rings. The van der Waals surface area contributed by atoms with Gasteiger partial charge < -0.3 is 4.98 Å². The maximum absolute atomic E-state index is 4.42. The summed E-state index contributed by atoms with van der Waals surface area (Å²) in [6.45, 7) is 0. The molecule has 0 saturated heterocycles. The Morgan fingerprint density at radius 2 is 1.89 bits per heavy atom. The first-order chi connectivity index (χ1) is 8.84. The summed E-state index contributed by atoms with van der Waals surface area (Å²) in [4.78, 5) is 7.74. The van der Waals surface area contributed by atoms with Crippen LogP contribution in [0, 0.1) is 3.57 Å². The largest absolute Gasteiger partial charge is 0.359 e. The molecule has 2 aromatic heterocycles. The number of rotatable bonds is 3. The summed E-state index contributed by atoms with van der Waals surface area (Å²) >= 11 is 2.32. The van der Waals surface area contributed by atoms with E-state index in [0.29, 0.717) is 0 Å². The molecule has 0 bridgehead atoms. The fraction of sp³-hybridized carbons (Fsp3) is 0.133. The number of fused-ring (bicyclic) bond motifs is 1. The lowest BCUT2D eigenvalue weighted by Gasteiger charge is -2.03. The first kappa shape index (κ1) is 11.7. The average molecular weight is 348 g/mol. The lowest BCUT2D eigenvalue weighted by atomic mass is 10.0. The zero-order chi connectivity index (χ0) is 12.4. The van der Waals surface area contributed by atoms with E-state index in [1.54, 1.807) is 0 Å². The van der Waals surface area contributed by atoms with Gasteiger partial charge in [-0.2, -0.15) is 0 Å². The smallest absolute Gasteiger partial charge is 0.101 e. The molecule has 2 heterocycles. The summed E-state index contributed by atoms with van der Waals surface area (Å²) < 4.78 is 1.18. The van der Waals surface area contributed by atoms with Crippen LogP contribution in [0.15, 0.2) is 48.8 Å². The van der Waals surface area contributed by atoms with Gasteiger partial charge in [0, 0.05) is 12.4 Å². The highest BCUT2D eigenvalue weighted by Gasteiger charge is 2.06. The van der Waals surface area contributed by atoms with Crippen LogP contribution in [-0.2, 0) is 12.8 Å². The molecule has 0 radical (unpaired) electrons. The fourth-order valence-corrected chi connectivity index (χ4v) is 2.74. The highest BCUT2D eigenvalue weighted by molar-refractivity contribution is 14.1. The third-order valence-corrected chi connectivity index (χ3v) is 3.95. The van der Waals surface area contributed by atoms with Crippen LogP contribution in [0.4, 0.5) is 0 Å². The van der Waals surface area contributed by atoms with Gasteiger partial charge in [0.25, 0.3) is 0 Å². The highest BCUT2D eigenvalue weighted by atomic mass is 127. The Hall–Kier alpha value is -1.36. The molecule has 1 N–H and O–H groups in total. The minimum atomic E-state index is 1.04. The lowest BCUT2D eigenvalue weighted by molar-refractivity contribution is 0.963. The third kappa shape index (κ3) is 2.27. The second-order valence-corrected chi connectivity index (χ2v) is 5.48. The number of hydrogen-bond donors (Lipinski definition) is 1. The van der Waals surface area contributed by atoms with Crippen molar-refractivity contribution in [1.82, 2.24) is 9.97 Å². The van der Waals surface area contributed by atoms with Gasteiger partial charge in [-0.3, -0.25) is 4.98 Å². The molecule has 0 unspecified atom stereocenters. The van der Waals surface area contributed by atoms with Gasteiger partial charge in [-0.1, -0.05) is 30.3 Å². The minimum Gasteiger partial charge on any atom is -0.359 e. The molecule has 0 aliphatic heterocycles. The van der Waals surface area contributed by atoms with Gasteiger partial charge in [-0.05, 0) is 52.6 Å². The van der Waals surface area contributed by atoms with Gasteiger partial charge in [-0.15, -0.1) is 0 Å². The molecule has 3 rings (SSSR count). The second-order valence-electron chi connectivity index (χ2n) is 4.32. The first-order valence-corrected chi connectivity index (χ1v) is 7.07. The van der Waals surface area contributed by atoms with Gasteiger partial charge in [0.2, 0.25) is 0 Å². The van der Waals surface area contributed by atoms with Crippen LogP contribution in [0.1, 0.15) is 11.1 Å². The van der Waals surface area contributed by atoms with Crippen molar-refractivity contribution in [3.8, 4) is 0 Å². The van der Waals surface area contributed by atoms with Gasteiger partial charge in [0.05, 0.1) is 9.09 Å². The van der Waals surface area contributed by atoms with E-state index in [1.165, 1.54) is 20.2 Å². The fourth-order valence-electron chi connectivity index (χ4n) is 2.18. The van der Waals surface area contributed by atoms with Crippen LogP contribution >= 0.6 is 22.6 Å². The van der Waals surface area contributed by atoms with Crippen molar-refractivity contribution < 1.29 is 0 Å². The Balaban J connectivity index is 1.87. The van der Waals surface area contributed by atoms with Crippen molar-refractivity contribution in [2.45, 2.75) is 12.8 Å². The molecule has 0 amide bonds. The minimum absolute atomic E-state index is 1.04. The van der Waals surface area contributed by atoms with Crippen LogP contribution < -0.4 is 0 Å². The number of nitrogens with zero attached hydrogens (tertiary/aromatic N) is 1. The van der Waals surface area contributed by atoms with Crippen molar-refractivity contribution in [3.05, 3.63) is 63.5 Å². The molecule has 90 valence electrons. The molecule has 1 aromatic carbocycles. The van der Waals surface area contributed by atoms with Crippen LogP contribution in [-0.4, -0.2) is 9.97 Å². The number of benzene rings is 1. The summed E-state index contributed by atoms with van der Waals surface area (Å²) in [7, 11) is 0. The lowest BCUT2D eigenvalue weighted by Crippen LogP contribution is -1.93.